The minimum atomic E-state index is -0.221. The van der Waals surface area contributed by atoms with Crippen LogP contribution in [-0.4, -0.2) is 22.8 Å². The molecule has 0 saturated carbocycles. The van der Waals surface area contributed by atoms with E-state index in [9.17, 15) is 4.79 Å². The van der Waals surface area contributed by atoms with Crippen LogP contribution in [0.3, 0.4) is 0 Å². The van der Waals surface area contributed by atoms with Gasteiger partial charge in [0.25, 0.3) is 5.91 Å². The number of aromatic nitrogens is 2. The summed E-state index contributed by atoms with van der Waals surface area (Å²) in [6, 6.07) is 36.6. The van der Waals surface area contributed by atoms with Gasteiger partial charge in [0, 0.05) is 10.6 Å². The maximum absolute atomic E-state index is 13.8. The zero-order chi connectivity index (χ0) is 25.6. The van der Waals surface area contributed by atoms with Crippen molar-refractivity contribution in [2.75, 3.05) is 7.11 Å². The Morgan fingerprint density at radius 1 is 0.892 bits per heavy atom. The molecule has 5 nitrogen and oxygen atoms in total. The molecule has 5 aromatic rings. The van der Waals surface area contributed by atoms with Gasteiger partial charge in [-0.2, -0.15) is 5.10 Å². The predicted octanol–water partition coefficient (Wildman–Crippen LogP) is 6.92. The lowest BCUT2D eigenvalue weighted by Gasteiger charge is -2.20. The molecule has 0 fully saturated rings. The number of methoxy groups -OCH3 is 1. The van der Waals surface area contributed by atoms with Gasteiger partial charge in [0.1, 0.15) is 11.4 Å². The number of nitrogens with zero attached hydrogens (tertiary/aromatic N) is 2. The Hall–Kier alpha value is -4.35. The second-order valence-electron chi connectivity index (χ2n) is 8.66. The Morgan fingerprint density at radius 3 is 2.30 bits per heavy atom. The van der Waals surface area contributed by atoms with E-state index in [-0.39, 0.29) is 11.9 Å². The van der Waals surface area contributed by atoms with Crippen molar-refractivity contribution in [2.45, 2.75) is 12.5 Å². The molecule has 5 rings (SSSR count). The summed E-state index contributed by atoms with van der Waals surface area (Å²) in [5.41, 5.74) is 4.85. The average molecular weight is 508 g/mol. The van der Waals surface area contributed by atoms with E-state index in [2.05, 4.69) is 17.4 Å². The predicted molar refractivity (Wildman–Crippen MR) is 147 cm³/mol. The van der Waals surface area contributed by atoms with Crippen LogP contribution in [0.2, 0.25) is 5.02 Å². The molecule has 1 heterocycles. The van der Waals surface area contributed by atoms with Crippen molar-refractivity contribution >= 4 is 17.5 Å². The number of hydrogen-bond acceptors (Lipinski definition) is 3. The average Bonchev–Trinajstić information content (AvgIpc) is 3.40. The molecule has 0 saturated heterocycles. The molecule has 1 amide bonds. The van der Waals surface area contributed by atoms with Crippen molar-refractivity contribution in [3.8, 4) is 22.7 Å². The number of carbonyl (C=O) groups is 1. The summed E-state index contributed by atoms with van der Waals surface area (Å²) >= 11 is 6.13. The van der Waals surface area contributed by atoms with E-state index >= 15 is 0 Å². The summed E-state index contributed by atoms with van der Waals surface area (Å²) in [5.74, 6) is 0.498. The van der Waals surface area contributed by atoms with Crippen LogP contribution in [0, 0.1) is 0 Å². The van der Waals surface area contributed by atoms with Gasteiger partial charge in [-0.05, 0) is 60.0 Å². The minimum Gasteiger partial charge on any atom is -0.497 e. The Balaban J connectivity index is 1.53. The van der Waals surface area contributed by atoms with Gasteiger partial charge in [-0.15, -0.1) is 0 Å². The standard InChI is InChI=1S/C31H26ClN3O2/c1-37-27-14-8-13-24(20-27)29-21-30(35(34-29)26-17-15-25(32)16-18-26)31(36)33-28(23-11-6-3-7-12-23)19-22-9-4-2-5-10-22/h2-18,20-21,28H,19H2,1H3,(H,33,36). The Morgan fingerprint density at radius 2 is 1.59 bits per heavy atom. The molecule has 184 valence electrons. The van der Waals surface area contributed by atoms with Crippen molar-refractivity contribution in [3.63, 3.8) is 0 Å². The molecule has 0 aliphatic rings. The van der Waals surface area contributed by atoms with Crippen molar-refractivity contribution < 1.29 is 9.53 Å². The number of hydrogen-bond donors (Lipinski definition) is 1. The molecule has 0 radical (unpaired) electrons. The van der Waals surface area contributed by atoms with Gasteiger partial charge in [0.2, 0.25) is 0 Å². The number of ether oxygens (including phenoxy) is 1. The quantitative estimate of drug-likeness (QED) is 0.248. The number of halogens is 1. The number of nitrogens with one attached hydrogen (secondary N) is 1. The second-order valence-corrected chi connectivity index (χ2v) is 9.10. The molecule has 1 aromatic heterocycles. The Labute approximate surface area is 221 Å². The van der Waals surface area contributed by atoms with E-state index < -0.39 is 0 Å². The molecule has 0 aliphatic carbocycles. The molecule has 1 atom stereocenters. The normalized spacial score (nSPS) is 11.6. The molecular weight excluding hydrogens is 482 g/mol. The summed E-state index contributed by atoms with van der Waals surface area (Å²) < 4.78 is 7.05. The van der Waals surface area contributed by atoms with Crippen LogP contribution in [0.1, 0.15) is 27.7 Å². The third kappa shape index (κ3) is 5.74. The van der Waals surface area contributed by atoms with Crippen LogP contribution >= 0.6 is 11.6 Å². The van der Waals surface area contributed by atoms with Crippen LogP contribution < -0.4 is 10.1 Å². The molecule has 0 bridgehead atoms. The number of benzene rings is 4. The lowest BCUT2D eigenvalue weighted by atomic mass is 9.98. The zero-order valence-corrected chi connectivity index (χ0v) is 21.1. The highest BCUT2D eigenvalue weighted by Gasteiger charge is 2.22. The van der Waals surface area contributed by atoms with Crippen LogP contribution in [0.5, 0.6) is 5.75 Å². The number of rotatable bonds is 8. The fraction of sp³-hybridized carbons (Fsp3) is 0.0968. The van der Waals surface area contributed by atoms with Crippen LogP contribution in [0.15, 0.2) is 115 Å². The Kier molecular flexibility index (Phi) is 7.33. The number of amides is 1. The van der Waals surface area contributed by atoms with E-state index in [0.29, 0.717) is 22.8 Å². The summed E-state index contributed by atoms with van der Waals surface area (Å²) in [4.78, 5) is 13.8. The first-order valence-electron chi connectivity index (χ1n) is 12.0. The third-order valence-electron chi connectivity index (χ3n) is 6.17. The first kappa shape index (κ1) is 24.3. The van der Waals surface area contributed by atoms with E-state index in [4.69, 9.17) is 21.4 Å². The highest BCUT2D eigenvalue weighted by molar-refractivity contribution is 6.30. The second kappa shape index (κ2) is 11.1. The largest absolute Gasteiger partial charge is 0.497 e. The fourth-order valence-corrected chi connectivity index (χ4v) is 4.39. The van der Waals surface area contributed by atoms with Gasteiger partial charge < -0.3 is 10.1 Å². The van der Waals surface area contributed by atoms with Crippen LogP contribution in [-0.2, 0) is 6.42 Å². The molecule has 4 aromatic carbocycles. The van der Waals surface area contributed by atoms with Crippen LogP contribution in [0.4, 0.5) is 0 Å². The van der Waals surface area contributed by atoms with E-state index in [1.54, 1.807) is 23.9 Å². The lowest BCUT2D eigenvalue weighted by molar-refractivity contribution is 0.0928. The maximum Gasteiger partial charge on any atom is 0.270 e. The smallest absolute Gasteiger partial charge is 0.270 e. The highest BCUT2D eigenvalue weighted by Crippen LogP contribution is 2.27. The van der Waals surface area contributed by atoms with Gasteiger partial charge in [-0.3, -0.25) is 4.79 Å². The van der Waals surface area contributed by atoms with Crippen molar-refractivity contribution in [2.24, 2.45) is 0 Å². The zero-order valence-electron chi connectivity index (χ0n) is 20.3. The van der Waals surface area contributed by atoms with E-state index in [1.165, 1.54) is 0 Å². The van der Waals surface area contributed by atoms with Gasteiger partial charge in [-0.1, -0.05) is 84.4 Å². The molecule has 1 unspecified atom stereocenters. The van der Waals surface area contributed by atoms with Crippen molar-refractivity contribution in [1.29, 1.82) is 0 Å². The third-order valence-corrected chi connectivity index (χ3v) is 6.42. The summed E-state index contributed by atoms with van der Waals surface area (Å²) in [5, 5.41) is 8.67. The lowest BCUT2D eigenvalue weighted by Crippen LogP contribution is -2.31. The molecule has 0 spiro atoms. The molecule has 37 heavy (non-hydrogen) atoms. The molecule has 0 aliphatic heterocycles. The van der Waals surface area contributed by atoms with Gasteiger partial charge in [0.15, 0.2) is 0 Å². The first-order valence-corrected chi connectivity index (χ1v) is 12.4. The van der Waals surface area contributed by atoms with E-state index in [0.717, 1.165) is 28.1 Å². The Bertz CT molecular complexity index is 1480. The van der Waals surface area contributed by atoms with Crippen LogP contribution in [0.25, 0.3) is 16.9 Å². The summed E-state index contributed by atoms with van der Waals surface area (Å²) in [6.45, 7) is 0. The van der Waals surface area contributed by atoms with Crippen molar-refractivity contribution in [3.05, 3.63) is 137 Å². The first-order chi connectivity index (χ1) is 18.1. The van der Waals surface area contributed by atoms with Crippen molar-refractivity contribution in [1.82, 2.24) is 15.1 Å². The topological polar surface area (TPSA) is 56.1 Å². The minimum absolute atomic E-state index is 0.218. The summed E-state index contributed by atoms with van der Waals surface area (Å²) in [6.07, 6.45) is 0.661. The molecule has 6 heteroatoms. The van der Waals surface area contributed by atoms with Gasteiger partial charge in [-0.25, -0.2) is 4.68 Å². The van der Waals surface area contributed by atoms with Gasteiger partial charge >= 0.3 is 0 Å². The molecular formula is C31H26ClN3O2. The SMILES string of the molecule is COc1cccc(-c2cc(C(=O)NC(Cc3ccccc3)c3ccccc3)n(-c3ccc(Cl)cc3)n2)c1. The van der Waals surface area contributed by atoms with E-state index in [1.807, 2.05) is 91.0 Å². The van der Waals surface area contributed by atoms with Gasteiger partial charge in [0.05, 0.1) is 24.5 Å². The number of carbonyl (C=O) groups excluding carboxylic acids is 1. The highest BCUT2D eigenvalue weighted by atomic mass is 35.5. The monoisotopic (exact) mass is 507 g/mol. The fourth-order valence-electron chi connectivity index (χ4n) is 4.26. The molecule has 1 N–H and O–H groups in total. The maximum atomic E-state index is 13.8. The summed E-state index contributed by atoms with van der Waals surface area (Å²) in [7, 11) is 1.63.